The van der Waals surface area contributed by atoms with E-state index in [2.05, 4.69) is 33.8 Å². The van der Waals surface area contributed by atoms with Crippen LogP contribution in [0.25, 0.3) is 0 Å². The molecule has 2 aromatic carbocycles. The van der Waals surface area contributed by atoms with Crippen LogP contribution in [0.2, 0.25) is 5.02 Å². The number of rotatable bonds is 5. The second-order valence-electron chi connectivity index (χ2n) is 9.74. The van der Waals surface area contributed by atoms with Gasteiger partial charge in [-0.15, -0.1) is 0 Å². The molecule has 0 N–H and O–H groups in total. The molecule has 0 saturated carbocycles. The first-order valence-electron chi connectivity index (χ1n) is 10.8. The summed E-state index contributed by atoms with van der Waals surface area (Å²) >= 11 is 6.40. The van der Waals surface area contributed by atoms with Crippen LogP contribution in [-0.4, -0.2) is 27.7 Å². The van der Waals surface area contributed by atoms with Crippen molar-refractivity contribution in [2.45, 2.75) is 65.0 Å². The minimum Gasteiger partial charge on any atom is -0.454 e. The number of hydrogen-bond acceptors (Lipinski definition) is 4. The van der Waals surface area contributed by atoms with E-state index < -0.39 is 0 Å². The highest BCUT2D eigenvalue weighted by atomic mass is 35.5. The standard InChI is InChI=1S/C26H29ClN2O3/c1-17(30)29-25(2,3)14-18(15-26(29,4)5)12-22(31)19-10-11-24(21(27)13-19)32-23-9-7-6-8-20(23)16-28/h6-11,13,18H,12,14-15H2,1-5H3. The Bertz CT molecular complexity index is 1070. The first kappa shape index (κ1) is 23.8. The van der Waals surface area contributed by atoms with Gasteiger partial charge < -0.3 is 9.64 Å². The van der Waals surface area contributed by atoms with Crippen molar-refractivity contribution in [3.63, 3.8) is 0 Å². The number of halogens is 1. The SMILES string of the molecule is CC(=O)N1C(C)(C)CC(CC(=O)c2ccc(Oc3ccccc3C#N)c(Cl)c2)CC1(C)C. The average molecular weight is 453 g/mol. The van der Waals surface area contributed by atoms with E-state index in [0.717, 1.165) is 12.8 Å². The van der Waals surface area contributed by atoms with Crippen LogP contribution in [0.4, 0.5) is 0 Å². The molecule has 0 aromatic heterocycles. The van der Waals surface area contributed by atoms with Gasteiger partial charge in [0, 0.05) is 30.0 Å². The molecule has 0 unspecified atom stereocenters. The fraction of sp³-hybridized carbons (Fsp3) is 0.423. The fourth-order valence-electron chi connectivity index (χ4n) is 5.39. The molecule has 1 aliphatic heterocycles. The third kappa shape index (κ3) is 4.97. The molecule has 1 fully saturated rings. The van der Waals surface area contributed by atoms with E-state index in [-0.39, 0.29) is 28.7 Å². The van der Waals surface area contributed by atoms with Crippen LogP contribution in [-0.2, 0) is 4.79 Å². The predicted molar refractivity (Wildman–Crippen MR) is 125 cm³/mol. The van der Waals surface area contributed by atoms with Gasteiger partial charge in [0.2, 0.25) is 5.91 Å². The molecule has 5 nitrogen and oxygen atoms in total. The van der Waals surface area contributed by atoms with Gasteiger partial charge in [-0.1, -0.05) is 23.7 Å². The van der Waals surface area contributed by atoms with Crippen LogP contribution in [0.5, 0.6) is 11.5 Å². The van der Waals surface area contributed by atoms with E-state index >= 15 is 0 Å². The molecule has 32 heavy (non-hydrogen) atoms. The van der Waals surface area contributed by atoms with E-state index in [1.807, 2.05) is 4.90 Å². The Morgan fingerprint density at radius 3 is 2.28 bits per heavy atom. The van der Waals surface area contributed by atoms with Gasteiger partial charge in [-0.05, 0) is 76.8 Å². The summed E-state index contributed by atoms with van der Waals surface area (Å²) in [7, 11) is 0. The van der Waals surface area contributed by atoms with Gasteiger partial charge in [0.25, 0.3) is 0 Å². The van der Waals surface area contributed by atoms with Crippen LogP contribution in [0.15, 0.2) is 42.5 Å². The van der Waals surface area contributed by atoms with Gasteiger partial charge in [-0.3, -0.25) is 9.59 Å². The molecule has 0 atom stereocenters. The maximum Gasteiger partial charge on any atom is 0.220 e. The molecule has 6 heteroatoms. The highest BCUT2D eigenvalue weighted by Crippen LogP contribution is 2.43. The maximum absolute atomic E-state index is 13.0. The summed E-state index contributed by atoms with van der Waals surface area (Å²) in [6.45, 7) is 9.86. The number of para-hydroxylation sites is 1. The lowest BCUT2D eigenvalue weighted by Gasteiger charge is -2.55. The molecule has 0 spiro atoms. The van der Waals surface area contributed by atoms with Crippen molar-refractivity contribution in [1.82, 2.24) is 4.90 Å². The third-order valence-corrected chi connectivity index (χ3v) is 6.35. The summed E-state index contributed by atoms with van der Waals surface area (Å²) in [6, 6.07) is 14.0. The number of likely N-dealkylation sites (tertiary alicyclic amines) is 1. The smallest absolute Gasteiger partial charge is 0.220 e. The van der Waals surface area contributed by atoms with E-state index in [1.54, 1.807) is 49.4 Å². The molecule has 2 aromatic rings. The first-order valence-corrected chi connectivity index (χ1v) is 11.1. The summed E-state index contributed by atoms with van der Waals surface area (Å²) in [6.07, 6.45) is 1.93. The lowest BCUT2D eigenvalue weighted by atomic mass is 9.71. The number of carbonyl (C=O) groups excluding carboxylic acids is 2. The fourth-order valence-corrected chi connectivity index (χ4v) is 5.61. The minimum absolute atomic E-state index is 0.0174. The monoisotopic (exact) mass is 452 g/mol. The van der Waals surface area contributed by atoms with Crippen molar-refractivity contribution >= 4 is 23.3 Å². The average Bonchev–Trinajstić information content (AvgIpc) is 2.67. The number of ketones is 1. The normalized spacial score (nSPS) is 17.5. The van der Waals surface area contributed by atoms with Crippen LogP contribution in [0.1, 0.15) is 69.8 Å². The van der Waals surface area contributed by atoms with Gasteiger partial charge >= 0.3 is 0 Å². The maximum atomic E-state index is 13.0. The molecule has 0 radical (unpaired) electrons. The Labute approximate surface area is 194 Å². The van der Waals surface area contributed by atoms with E-state index in [4.69, 9.17) is 16.3 Å². The molecule has 1 aliphatic rings. The molecular weight excluding hydrogens is 424 g/mol. The molecule has 1 heterocycles. The van der Waals surface area contributed by atoms with Gasteiger partial charge in [-0.25, -0.2) is 0 Å². The molecular formula is C26H29ClN2O3. The Kier molecular flexibility index (Phi) is 6.67. The zero-order valence-electron chi connectivity index (χ0n) is 19.2. The first-order chi connectivity index (χ1) is 14.9. The van der Waals surface area contributed by atoms with E-state index in [0.29, 0.717) is 34.1 Å². The van der Waals surface area contributed by atoms with Crippen LogP contribution >= 0.6 is 11.6 Å². The Balaban J connectivity index is 1.74. The molecule has 0 bridgehead atoms. The van der Waals surface area contributed by atoms with Gasteiger partial charge in [0.15, 0.2) is 5.78 Å². The van der Waals surface area contributed by atoms with Gasteiger partial charge in [-0.2, -0.15) is 5.26 Å². The van der Waals surface area contributed by atoms with E-state index in [1.165, 1.54) is 0 Å². The number of hydrogen-bond donors (Lipinski definition) is 0. The molecule has 1 amide bonds. The number of carbonyl (C=O) groups is 2. The van der Waals surface area contributed by atoms with Crippen LogP contribution < -0.4 is 4.74 Å². The summed E-state index contributed by atoms with van der Waals surface area (Å²) < 4.78 is 5.80. The number of nitriles is 1. The van der Waals surface area contributed by atoms with Gasteiger partial charge in [0.05, 0.1) is 10.6 Å². The summed E-state index contributed by atoms with van der Waals surface area (Å²) in [5.74, 6) is 1.05. The van der Waals surface area contributed by atoms with Gasteiger partial charge in [0.1, 0.15) is 17.6 Å². The van der Waals surface area contributed by atoms with E-state index in [9.17, 15) is 14.9 Å². The largest absolute Gasteiger partial charge is 0.454 e. The highest BCUT2D eigenvalue weighted by molar-refractivity contribution is 6.32. The summed E-state index contributed by atoms with van der Waals surface area (Å²) in [5, 5.41) is 9.54. The summed E-state index contributed by atoms with van der Waals surface area (Å²) in [4.78, 5) is 27.2. The Morgan fingerprint density at radius 2 is 1.72 bits per heavy atom. The zero-order valence-corrected chi connectivity index (χ0v) is 20.0. The van der Waals surface area contributed by atoms with Crippen molar-refractivity contribution in [3.05, 3.63) is 58.6 Å². The highest BCUT2D eigenvalue weighted by Gasteiger charge is 2.46. The minimum atomic E-state index is -0.317. The predicted octanol–water partition coefficient (Wildman–Crippen LogP) is 6.39. The zero-order chi connectivity index (χ0) is 23.7. The van der Waals surface area contributed by atoms with Crippen molar-refractivity contribution in [2.75, 3.05) is 0 Å². The Morgan fingerprint density at radius 1 is 1.09 bits per heavy atom. The molecule has 0 aliphatic carbocycles. The second-order valence-corrected chi connectivity index (χ2v) is 10.1. The lowest BCUT2D eigenvalue weighted by Crippen LogP contribution is -2.62. The molecule has 168 valence electrons. The van der Waals surface area contributed by atoms with Crippen molar-refractivity contribution < 1.29 is 14.3 Å². The quantitative estimate of drug-likeness (QED) is 0.492. The number of ether oxygens (including phenoxy) is 1. The van der Waals surface area contributed by atoms with Crippen LogP contribution in [0, 0.1) is 17.2 Å². The number of nitrogens with zero attached hydrogens (tertiary/aromatic N) is 2. The van der Waals surface area contributed by atoms with Crippen molar-refractivity contribution in [1.29, 1.82) is 5.26 Å². The van der Waals surface area contributed by atoms with Crippen LogP contribution in [0.3, 0.4) is 0 Å². The lowest BCUT2D eigenvalue weighted by molar-refractivity contribution is -0.149. The number of piperidine rings is 1. The number of Topliss-reactive ketones (excluding diaryl/α,β-unsaturated/α-hetero) is 1. The number of amides is 1. The second kappa shape index (κ2) is 8.96. The topological polar surface area (TPSA) is 70.4 Å². The molecule has 3 rings (SSSR count). The summed E-state index contributed by atoms with van der Waals surface area (Å²) in [5.41, 5.74) is 0.302. The van der Waals surface area contributed by atoms with Crippen molar-refractivity contribution in [3.8, 4) is 17.6 Å². The Hall–Kier alpha value is -2.84. The molecule has 1 saturated heterocycles. The number of benzene rings is 2. The third-order valence-electron chi connectivity index (χ3n) is 6.06. The van der Waals surface area contributed by atoms with Crippen molar-refractivity contribution in [2.24, 2.45) is 5.92 Å².